The van der Waals surface area contributed by atoms with Crippen LogP contribution in [0.2, 0.25) is 0 Å². The summed E-state index contributed by atoms with van der Waals surface area (Å²) in [5.41, 5.74) is 2.32. The summed E-state index contributed by atoms with van der Waals surface area (Å²) in [6.07, 6.45) is 0. The van der Waals surface area contributed by atoms with Crippen molar-refractivity contribution in [2.24, 2.45) is 0 Å². The van der Waals surface area contributed by atoms with E-state index >= 15 is 0 Å². The van der Waals surface area contributed by atoms with Gasteiger partial charge in [-0.25, -0.2) is 0 Å². The van der Waals surface area contributed by atoms with Crippen molar-refractivity contribution < 1.29 is 5.11 Å². The van der Waals surface area contributed by atoms with Crippen molar-refractivity contribution >= 4 is 21.5 Å². The normalized spacial score (nSPS) is 11.0. The zero-order valence-electron chi connectivity index (χ0n) is 11.5. The first-order chi connectivity index (χ1) is 10.3. The topological polar surface area (TPSA) is 20.2 Å². The fraction of sp³-hybridized carbons (Fsp3) is 0. The molecule has 21 heavy (non-hydrogen) atoms. The van der Waals surface area contributed by atoms with Gasteiger partial charge in [0.25, 0.3) is 0 Å². The summed E-state index contributed by atoms with van der Waals surface area (Å²) < 4.78 is 0. The maximum atomic E-state index is 9.49. The Kier molecular flexibility index (Phi) is 2.65. The molecule has 0 unspecified atom stereocenters. The standard InChI is InChI=1S/C20H14O/c21-16-11-9-14(10-12-16)20-13-15-5-1-2-6-17(15)18-7-3-4-8-19(18)20/h1-13,21H. The lowest BCUT2D eigenvalue weighted by atomic mass is 9.93. The molecular formula is C20H14O. The van der Waals surface area contributed by atoms with Crippen molar-refractivity contribution in [2.45, 2.75) is 0 Å². The first-order valence-corrected chi connectivity index (χ1v) is 7.03. The number of phenols is 1. The molecule has 0 heterocycles. The van der Waals surface area contributed by atoms with E-state index in [9.17, 15) is 5.11 Å². The van der Waals surface area contributed by atoms with Crippen LogP contribution in [-0.2, 0) is 0 Å². The van der Waals surface area contributed by atoms with Crippen molar-refractivity contribution in [1.82, 2.24) is 0 Å². The minimum absolute atomic E-state index is 0.295. The van der Waals surface area contributed by atoms with E-state index in [-0.39, 0.29) is 0 Å². The Morgan fingerprint density at radius 2 is 1.19 bits per heavy atom. The van der Waals surface area contributed by atoms with Gasteiger partial charge in [-0.05, 0) is 50.9 Å². The van der Waals surface area contributed by atoms with Gasteiger partial charge in [0.1, 0.15) is 5.75 Å². The lowest BCUT2D eigenvalue weighted by Gasteiger charge is -2.11. The predicted molar refractivity (Wildman–Crippen MR) is 88.6 cm³/mol. The Labute approximate surface area is 123 Å². The van der Waals surface area contributed by atoms with E-state index in [1.807, 2.05) is 12.1 Å². The fourth-order valence-corrected chi connectivity index (χ4v) is 2.93. The Balaban J connectivity index is 2.13. The summed E-state index contributed by atoms with van der Waals surface area (Å²) in [5.74, 6) is 0.295. The minimum Gasteiger partial charge on any atom is -0.508 e. The van der Waals surface area contributed by atoms with Crippen molar-refractivity contribution in [3.05, 3.63) is 78.9 Å². The lowest BCUT2D eigenvalue weighted by Crippen LogP contribution is -1.84. The minimum atomic E-state index is 0.295. The SMILES string of the molecule is Oc1ccc(-c2cc3ccccc3c3ccccc23)cc1. The highest BCUT2D eigenvalue weighted by molar-refractivity contribution is 6.13. The van der Waals surface area contributed by atoms with E-state index in [0.29, 0.717) is 5.75 Å². The Bertz CT molecular complexity index is 937. The van der Waals surface area contributed by atoms with Crippen molar-refractivity contribution in [3.63, 3.8) is 0 Å². The zero-order chi connectivity index (χ0) is 14.2. The first kappa shape index (κ1) is 12.0. The molecule has 0 radical (unpaired) electrons. The van der Waals surface area contributed by atoms with Crippen LogP contribution >= 0.6 is 0 Å². The lowest BCUT2D eigenvalue weighted by molar-refractivity contribution is 0.475. The van der Waals surface area contributed by atoms with Gasteiger partial charge < -0.3 is 5.11 Å². The average Bonchev–Trinajstić information content (AvgIpc) is 2.55. The van der Waals surface area contributed by atoms with Gasteiger partial charge in [-0.15, -0.1) is 0 Å². The molecule has 1 nitrogen and oxygen atoms in total. The molecular weight excluding hydrogens is 256 g/mol. The summed E-state index contributed by atoms with van der Waals surface area (Å²) in [7, 11) is 0. The molecule has 4 aromatic carbocycles. The Morgan fingerprint density at radius 3 is 1.95 bits per heavy atom. The summed E-state index contributed by atoms with van der Waals surface area (Å²) in [5, 5.41) is 14.5. The van der Waals surface area contributed by atoms with Crippen LogP contribution in [-0.4, -0.2) is 5.11 Å². The van der Waals surface area contributed by atoms with Crippen LogP contribution in [0.15, 0.2) is 78.9 Å². The van der Waals surface area contributed by atoms with Crippen LogP contribution in [0.3, 0.4) is 0 Å². The number of fused-ring (bicyclic) bond motifs is 3. The van der Waals surface area contributed by atoms with Crippen LogP contribution in [0.1, 0.15) is 0 Å². The summed E-state index contributed by atoms with van der Waals surface area (Å²) in [6, 6.07) is 26.6. The molecule has 100 valence electrons. The maximum absolute atomic E-state index is 9.49. The van der Waals surface area contributed by atoms with Gasteiger partial charge in [-0.3, -0.25) is 0 Å². The quantitative estimate of drug-likeness (QED) is 0.461. The third-order valence-electron chi connectivity index (χ3n) is 3.95. The van der Waals surface area contributed by atoms with E-state index in [0.717, 1.165) is 5.56 Å². The summed E-state index contributed by atoms with van der Waals surface area (Å²) >= 11 is 0. The average molecular weight is 270 g/mol. The molecule has 0 atom stereocenters. The second-order valence-electron chi connectivity index (χ2n) is 5.24. The monoisotopic (exact) mass is 270 g/mol. The third-order valence-corrected chi connectivity index (χ3v) is 3.95. The molecule has 1 N–H and O–H groups in total. The van der Waals surface area contributed by atoms with Crippen LogP contribution in [0.5, 0.6) is 5.75 Å². The van der Waals surface area contributed by atoms with Crippen LogP contribution in [0.4, 0.5) is 0 Å². The molecule has 0 saturated heterocycles. The van der Waals surface area contributed by atoms with Gasteiger partial charge in [0, 0.05) is 0 Å². The van der Waals surface area contributed by atoms with Crippen molar-refractivity contribution in [1.29, 1.82) is 0 Å². The predicted octanol–water partition coefficient (Wildman–Crippen LogP) is 5.37. The van der Waals surface area contributed by atoms with E-state index in [1.54, 1.807) is 12.1 Å². The van der Waals surface area contributed by atoms with Gasteiger partial charge >= 0.3 is 0 Å². The van der Waals surface area contributed by atoms with Crippen LogP contribution in [0.25, 0.3) is 32.7 Å². The molecule has 0 fully saturated rings. The van der Waals surface area contributed by atoms with E-state index in [4.69, 9.17) is 0 Å². The van der Waals surface area contributed by atoms with Crippen LogP contribution in [0, 0.1) is 0 Å². The van der Waals surface area contributed by atoms with Gasteiger partial charge in [0.05, 0.1) is 0 Å². The number of aromatic hydroxyl groups is 1. The maximum Gasteiger partial charge on any atom is 0.115 e. The summed E-state index contributed by atoms with van der Waals surface area (Å²) in [6.45, 7) is 0. The highest BCUT2D eigenvalue weighted by Crippen LogP contribution is 2.35. The van der Waals surface area contributed by atoms with Crippen LogP contribution < -0.4 is 0 Å². The van der Waals surface area contributed by atoms with Gasteiger partial charge in [-0.2, -0.15) is 0 Å². The molecule has 0 aromatic heterocycles. The molecule has 0 aliphatic rings. The molecule has 0 spiro atoms. The first-order valence-electron chi connectivity index (χ1n) is 7.03. The molecule has 0 aliphatic heterocycles. The molecule has 0 aliphatic carbocycles. The van der Waals surface area contributed by atoms with Crippen molar-refractivity contribution in [3.8, 4) is 16.9 Å². The molecule has 1 heteroatoms. The Morgan fingerprint density at radius 1 is 0.571 bits per heavy atom. The fourth-order valence-electron chi connectivity index (χ4n) is 2.93. The van der Waals surface area contributed by atoms with Gasteiger partial charge in [-0.1, -0.05) is 60.7 Å². The number of rotatable bonds is 1. The van der Waals surface area contributed by atoms with E-state index in [2.05, 4.69) is 54.6 Å². The zero-order valence-corrected chi connectivity index (χ0v) is 11.5. The largest absolute Gasteiger partial charge is 0.508 e. The second-order valence-corrected chi connectivity index (χ2v) is 5.24. The van der Waals surface area contributed by atoms with Gasteiger partial charge in [0.15, 0.2) is 0 Å². The highest BCUT2D eigenvalue weighted by atomic mass is 16.3. The molecule has 0 amide bonds. The van der Waals surface area contributed by atoms with Crippen molar-refractivity contribution in [2.75, 3.05) is 0 Å². The molecule has 0 bridgehead atoms. The number of phenolic OH excluding ortho intramolecular Hbond substituents is 1. The molecule has 4 rings (SSSR count). The molecule has 0 saturated carbocycles. The highest BCUT2D eigenvalue weighted by Gasteiger charge is 2.07. The molecule has 4 aromatic rings. The second kappa shape index (κ2) is 4.64. The van der Waals surface area contributed by atoms with E-state index in [1.165, 1.54) is 27.1 Å². The third kappa shape index (κ3) is 1.95. The number of hydrogen-bond acceptors (Lipinski definition) is 1. The summed E-state index contributed by atoms with van der Waals surface area (Å²) in [4.78, 5) is 0. The van der Waals surface area contributed by atoms with Gasteiger partial charge in [0.2, 0.25) is 0 Å². The smallest absolute Gasteiger partial charge is 0.115 e. The number of hydrogen-bond donors (Lipinski definition) is 1. The Hall–Kier alpha value is -2.80. The van der Waals surface area contributed by atoms with E-state index < -0.39 is 0 Å². The number of benzene rings is 4.